The number of fused-ring (bicyclic) bond motifs is 1. The number of hydrogen-bond acceptors (Lipinski definition) is 7. The standard InChI is InChI=1S/C15H10O7/c16-7-3-1-6(2-4-7)14-13(21)12(20)10-8(17)5-9(18)11(19)15(10)22-14/h1-5,16-19,21H/p-1. The normalized spacial score (nSPS) is 10.9. The molecule has 3 aromatic rings. The monoisotopic (exact) mass is 301 g/mol. The number of phenols is 3. The van der Waals surface area contributed by atoms with Gasteiger partial charge >= 0.3 is 0 Å². The highest BCUT2D eigenvalue weighted by atomic mass is 16.4. The molecule has 0 saturated carbocycles. The summed E-state index contributed by atoms with van der Waals surface area (Å²) in [5.41, 5.74) is -1.33. The minimum atomic E-state index is -1.00. The number of rotatable bonds is 1. The van der Waals surface area contributed by atoms with Crippen LogP contribution in [-0.2, 0) is 0 Å². The quantitative estimate of drug-likeness (QED) is 0.533. The van der Waals surface area contributed by atoms with Crippen LogP contribution in [0.1, 0.15) is 0 Å². The molecule has 2 aromatic carbocycles. The van der Waals surface area contributed by atoms with Gasteiger partial charge < -0.3 is 29.9 Å². The lowest BCUT2D eigenvalue weighted by Gasteiger charge is -2.14. The first-order valence-electron chi connectivity index (χ1n) is 6.11. The van der Waals surface area contributed by atoms with Gasteiger partial charge in [-0.05, 0) is 30.0 Å². The molecule has 0 unspecified atom stereocenters. The van der Waals surface area contributed by atoms with Crippen LogP contribution >= 0.6 is 0 Å². The SMILES string of the molecule is O=c1c(O)c(-c2ccc(O)cc2)oc2c([O-])c(O)cc(O)c12. The summed E-state index contributed by atoms with van der Waals surface area (Å²) in [6.45, 7) is 0. The minimum absolute atomic E-state index is 0.0359. The second-order valence-corrected chi connectivity index (χ2v) is 4.60. The van der Waals surface area contributed by atoms with Crippen molar-refractivity contribution in [3.8, 4) is 40.1 Å². The molecule has 1 aromatic heterocycles. The second-order valence-electron chi connectivity index (χ2n) is 4.60. The molecular formula is C15H9O7-. The molecule has 0 aliphatic carbocycles. The van der Waals surface area contributed by atoms with E-state index in [2.05, 4.69) is 0 Å². The van der Waals surface area contributed by atoms with Crippen molar-refractivity contribution in [1.29, 1.82) is 0 Å². The van der Waals surface area contributed by atoms with Crippen molar-refractivity contribution < 1.29 is 29.9 Å². The molecule has 7 nitrogen and oxygen atoms in total. The van der Waals surface area contributed by atoms with Crippen LogP contribution in [0.2, 0.25) is 0 Å². The van der Waals surface area contributed by atoms with Gasteiger partial charge in [0.15, 0.2) is 5.76 Å². The van der Waals surface area contributed by atoms with E-state index in [1.807, 2.05) is 0 Å². The van der Waals surface area contributed by atoms with Gasteiger partial charge in [0, 0.05) is 11.6 Å². The van der Waals surface area contributed by atoms with Crippen molar-refractivity contribution in [3.05, 3.63) is 40.6 Å². The van der Waals surface area contributed by atoms with Crippen LogP contribution in [-0.4, -0.2) is 20.4 Å². The van der Waals surface area contributed by atoms with Crippen LogP contribution < -0.4 is 10.5 Å². The van der Waals surface area contributed by atoms with Gasteiger partial charge in [-0.15, -0.1) is 0 Å². The minimum Gasteiger partial charge on any atom is -0.867 e. The Balaban J connectivity index is 2.43. The maximum Gasteiger partial charge on any atom is 0.238 e. The van der Waals surface area contributed by atoms with Gasteiger partial charge in [-0.2, -0.15) is 0 Å². The van der Waals surface area contributed by atoms with Crippen LogP contribution in [0.3, 0.4) is 0 Å². The zero-order chi connectivity index (χ0) is 16.0. The summed E-state index contributed by atoms with van der Waals surface area (Å²) >= 11 is 0. The lowest BCUT2D eigenvalue weighted by atomic mass is 10.1. The summed E-state index contributed by atoms with van der Waals surface area (Å²) in [6, 6.07) is 6.05. The van der Waals surface area contributed by atoms with Crippen LogP contribution in [0, 0.1) is 0 Å². The molecular weight excluding hydrogens is 292 g/mol. The molecule has 0 saturated heterocycles. The van der Waals surface area contributed by atoms with Crippen molar-refractivity contribution in [2.24, 2.45) is 0 Å². The van der Waals surface area contributed by atoms with E-state index in [-0.39, 0.29) is 17.1 Å². The third kappa shape index (κ3) is 1.87. The fourth-order valence-electron chi connectivity index (χ4n) is 2.11. The van der Waals surface area contributed by atoms with Gasteiger partial charge in [0.25, 0.3) is 0 Å². The molecule has 7 heteroatoms. The highest BCUT2D eigenvalue weighted by molar-refractivity contribution is 5.92. The molecule has 0 aliphatic heterocycles. The molecule has 0 amide bonds. The van der Waals surface area contributed by atoms with E-state index in [1.165, 1.54) is 24.3 Å². The second kappa shape index (κ2) is 4.59. The fraction of sp³-hybridized carbons (Fsp3) is 0. The summed E-state index contributed by atoms with van der Waals surface area (Å²) in [6.07, 6.45) is 0. The predicted octanol–water partition coefficient (Wildman–Crippen LogP) is 1.36. The van der Waals surface area contributed by atoms with Gasteiger partial charge in [0.1, 0.15) is 28.2 Å². The van der Waals surface area contributed by atoms with Crippen molar-refractivity contribution in [2.75, 3.05) is 0 Å². The molecule has 0 atom stereocenters. The largest absolute Gasteiger partial charge is 0.867 e. The van der Waals surface area contributed by atoms with Crippen molar-refractivity contribution in [3.63, 3.8) is 0 Å². The van der Waals surface area contributed by atoms with E-state index < -0.39 is 39.4 Å². The van der Waals surface area contributed by atoms with E-state index in [0.29, 0.717) is 6.07 Å². The van der Waals surface area contributed by atoms with E-state index in [1.54, 1.807) is 0 Å². The van der Waals surface area contributed by atoms with Gasteiger partial charge in [0.05, 0.1) is 0 Å². The molecule has 0 fully saturated rings. The molecule has 4 N–H and O–H groups in total. The molecule has 0 aliphatic rings. The molecule has 22 heavy (non-hydrogen) atoms. The first-order valence-corrected chi connectivity index (χ1v) is 6.11. The van der Waals surface area contributed by atoms with Crippen molar-refractivity contribution in [2.45, 2.75) is 0 Å². The number of benzene rings is 2. The highest BCUT2D eigenvalue weighted by Crippen LogP contribution is 2.40. The van der Waals surface area contributed by atoms with E-state index in [0.717, 1.165) is 0 Å². The molecule has 0 spiro atoms. The Morgan fingerprint density at radius 1 is 0.955 bits per heavy atom. The maximum absolute atomic E-state index is 12.1. The van der Waals surface area contributed by atoms with Crippen molar-refractivity contribution in [1.82, 2.24) is 0 Å². The number of phenolic OH excluding ortho intramolecular Hbond substituents is 3. The smallest absolute Gasteiger partial charge is 0.238 e. The third-order valence-electron chi connectivity index (χ3n) is 3.19. The lowest BCUT2D eigenvalue weighted by Crippen LogP contribution is -2.05. The first kappa shape index (κ1) is 13.6. The Morgan fingerprint density at radius 3 is 2.23 bits per heavy atom. The average molecular weight is 301 g/mol. The molecule has 3 rings (SSSR count). The number of aromatic hydroxyl groups is 4. The summed E-state index contributed by atoms with van der Waals surface area (Å²) in [7, 11) is 0. The van der Waals surface area contributed by atoms with E-state index >= 15 is 0 Å². The summed E-state index contributed by atoms with van der Waals surface area (Å²) in [4.78, 5) is 12.1. The van der Waals surface area contributed by atoms with Crippen LogP contribution in [0.25, 0.3) is 22.3 Å². The predicted molar refractivity (Wildman–Crippen MR) is 74.0 cm³/mol. The zero-order valence-corrected chi connectivity index (χ0v) is 10.9. The van der Waals surface area contributed by atoms with Gasteiger partial charge in [0.2, 0.25) is 11.2 Å². The summed E-state index contributed by atoms with van der Waals surface area (Å²) in [5.74, 6) is -3.57. The Hall–Kier alpha value is -3.35. The Kier molecular flexibility index (Phi) is 2.84. The Labute approximate surface area is 122 Å². The first-order chi connectivity index (χ1) is 10.4. The van der Waals surface area contributed by atoms with Gasteiger partial charge in [-0.3, -0.25) is 4.79 Å². The molecule has 112 valence electrons. The summed E-state index contributed by atoms with van der Waals surface area (Å²) in [5, 5.41) is 49.7. The summed E-state index contributed by atoms with van der Waals surface area (Å²) < 4.78 is 5.23. The van der Waals surface area contributed by atoms with Gasteiger partial charge in [-0.25, -0.2) is 0 Å². The van der Waals surface area contributed by atoms with Crippen LogP contribution in [0.15, 0.2) is 39.5 Å². The maximum atomic E-state index is 12.1. The topological polar surface area (TPSA) is 134 Å². The Morgan fingerprint density at radius 2 is 1.59 bits per heavy atom. The van der Waals surface area contributed by atoms with Crippen LogP contribution in [0.4, 0.5) is 0 Å². The third-order valence-corrected chi connectivity index (χ3v) is 3.19. The van der Waals surface area contributed by atoms with E-state index in [9.17, 15) is 30.3 Å². The average Bonchev–Trinajstić information content (AvgIpc) is 2.48. The van der Waals surface area contributed by atoms with E-state index in [4.69, 9.17) is 4.42 Å². The number of hydrogen-bond donors (Lipinski definition) is 4. The Bertz CT molecular complexity index is 939. The van der Waals surface area contributed by atoms with Gasteiger partial charge in [-0.1, -0.05) is 0 Å². The molecule has 0 bridgehead atoms. The molecule has 1 heterocycles. The zero-order valence-electron chi connectivity index (χ0n) is 10.9. The fourth-order valence-corrected chi connectivity index (χ4v) is 2.11. The van der Waals surface area contributed by atoms with Crippen molar-refractivity contribution >= 4 is 11.0 Å². The molecule has 0 radical (unpaired) electrons. The lowest BCUT2D eigenvalue weighted by molar-refractivity contribution is -0.268. The van der Waals surface area contributed by atoms with Crippen LogP contribution in [0.5, 0.6) is 28.7 Å². The highest BCUT2D eigenvalue weighted by Gasteiger charge is 2.19.